The van der Waals surface area contributed by atoms with Crippen LogP contribution in [-0.2, 0) is 9.53 Å². The van der Waals surface area contributed by atoms with Gasteiger partial charge in [0.2, 0.25) is 5.91 Å². The molecular formula is C21H25N5O2S. The van der Waals surface area contributed by atoms with Crippen molar-refractivity contribution >= 4 is 24.2 Å². The van der Waals surface area contributed by atoms with Crippen LogP contribution in [0.25, 0.3) is 5.82 Å². The molecule has 0 aliphatic rings. The van der Waals surface area contributed by atoms with E-state index in [1.54, 1.807) is 17.9 Å². The molecule has 8 heteroatoms. The van der Waals surface area contributed by atoms with Gasteiger partial charge in [-0.05, 0) is 42.3 Å². The first-order valence-corrected chi connectivity index (χ1v) is 9.76. The van der Waals surface area contributed by atoms with Crippen LogP contribution in [0.1, 0.15) is 42.7 Å². The highest BCUT2D eigenvalue weighted by atomic mass is 32.1. The van der Waals surface area contributed by atoms with E-state index in [2.05, 4.69) is 35.0 Å². The van der Waals surface area contributed by atoms with E-state index in [9.17, 15) is 4.79 Å². The van der Waals surface area contributed by atoms with Gasteiger partial charge in [0.1, 0.15) is 6.61 Å². The van der Waals surface area contributed by atoms with Crippen molar-refractivity contribution < 1.29 is 9.53 Å². The standard InChI is InChI=1S/C21H25N5O2S/c1-13(15-4-6-17(22)19(29)10-15)18-8-9-26(25-18)20-7-5-16(11-24-20)14(2)28-12-21(27)23-3/h4-11,13-14,29H,12,22H2,1-3H3,(H,23,27). The predicted molar refractivity (Wildman–Crippen MR) is 115 cm³/mol. The van der Waals surface area contributed by atoms with Crippen molar-refractivity contribution in [3.63, 3.8) is 0 Å². The number of nitrogens with two attached hydrogens (primary N) is 1. The first-order chi connectivity index (χ1) is 13.9. The summed E-state index contributed by atoms with van der Waals surface area (Å²) in [5.41, 5.74) is 9.42. The topological polar surface area (TPSA) is 95.1 Å². The number of amides is 1. The molecule has 7 nitrogen and oxygen atoms in total. The Labute approximate surface area is 175 Å². The van der Waals surface area contributed by atoms with Crippen LogP contribution >= 0.6 is 12.6 Å². The average Bonchev–Trinajstić information content (AvgIpc) is 3.23. The number of carbonyl (C=O) groups is 1. The van der Waals surface area contributed by atoms with Gasteiger partial charge in [-0.1, -0.05) is 19.1 Å². The van der Waals surface area contributed by atoms with Crippen molar-refractivity contribution in [2.75, 3.05) is 19.4 Å². The number of benzene rings is 1. The molecule has 1 amide bonds. The molecule has 0 aliphatic carbocycles. The van der Waals surface area contributed by atoms with Crippen LogP contribution in [0.3, 0.4) is 0 Å². The number of rotatable bonds is 7. The first kappa shape index (κ1) is 20.9. The van der Waals surface area contributed by atoms with Crippen molar-refractivity contribution in [1.82, 2.24) is 20.1 Å². The number of nitrogens with zero attached hydrogens (tertiary/aromatic N) is 3. The summed E-state index contributed by atoms with van der Waals surface area (Å²) in [5, 5.41) is 7.20. The number of hydrogen-bond acceptors (Lipinski definition) is 6. The van der Waals surface area contributed by atoms with Gasteiger partial charge in [0.05, 0.1) is 11.8 Å². The molecule has 2 aromatic heterocycles. The molecule has 2 heterocycles. The molecule has 3 rings (SSSR count). The summed E-state index contributed by atoms with van der Waals surface area (Å²) in [6.45, 7) is 3.99. The van der Waals surface area contributed by atoms with Gasteiger partial charge in [-0.25, -0.2) is 9.67 Å². The van der Waals surface area contributed by atoms with Crippen molar-refractivity contribution in [1.29, 1.82) is 0 Å². The molecule has 0 aliphatic heterocycles. The van der Waals surface area contributed by atoms with E-state index in [0.29, 0.717) is 11.5 Å². The van der Waals surface area contributed by atoms with E-state index in [4.69, 9.17) is 10.5 Å². The minimum absolute atomic E-state index is 0.0129. The molecule has 0 saturated carbocycles. The van der Waals surface area contributed by atoms with E-state index >= 15 is 0 Å². The highest BCUT2D eigenvalue weighted by Crippen LogP contribution is 2.27. The Bertz CT molecular complexity index is 987. The number of hydrogen-bond donors (Lipinski definition) is 3. The Hall–Kier alpha value is -2.84. The summed E-state index contributed by atoms with van der Waals surface area (Å²) in [5.74, 6) is 0.642. The Balaban J connectivity index is 1.71. The molecule has 29 heavy (non-hydrogen) atoms. The number of pyridine rings is 1. The number of thiol groups is 1. The summed E-state index contributed by atoms with van der Waals surface area (Å²) in [6, 6.07) is 11.6. The van der Waals surface area contributed by atoms with Gasteiger partial charge in [0.15, 0.2) is 5.82 Å². The summed E-state index contributed by atoms with van der Waals surface area (Å²) >= 11 is 4.40. The Morgan fingerprint density at radius 2 is 2.00 bits per heavy atom. The zero-order valence-corrected chi connectivity index (χ0v) is 17.6. The van der Waals surface area contributed by atoms with Crippen LogP contribution < -0.4 is 11.1 Å². The summed E-state index contributed by atoms with van der Waals surface area (Å²) in [7, 11) is 1.58. The molecule has 152 valence electrons. The number of ether oxygens (including phenoxy) is 1. The maximum atomic E-state index is 11.3. The second kappa shape index (κ2) is 9.11. The molecule has 0 fully saturated rings. The van der Waals surface area contributed by atoms with Crippen molar-refractivity contribution in [2.24, 2.45) is 0 Å². The zero-order valence-electron chi connectivity index (χ0n) is 16.7. The number of anilines is 1. The number of aromatic nitrogens is 3. The summed E-state index contributed by atoms with van der Waals surface area (Å²) < 4.78 is 7.28. The van der Waals surface area contributed by atoms with Crippen LogP contribution in [0.5, 0.6) is 0 Å². The lowest BCUT2D eigenvalue weighted by Gasteiger charge is -2.13. The Kier molecular flexibility index (Phi) is 6.56. The molecule has 3 aromatic rings. The van der Waals surface area contributed by atoms with Gasteiger partial charge in [-0.2, -0.15) is 5.10 Å². The molecule has 0 spiro atoms. The van der Waals surface area contributed by atoms with Gasteiger partial charge in [0.25, 0.3) is 0 Å². The fourth-order valence-corrected chi connectivity index (χ4v) is 3.06. The first-order valence-electron chi connectivity index (χ1n) is 9.31. The summed E-state index contributed by atoms with van der Waals surface area (Å²) in [6.07, 6.45) is 3.39. The van der Waals surface area contributed by atoms with E-state index < -0.39 is 0 Å². The van der Waals surface area contributed by atoms with E-state index in [0.717, 1.165) is 21.7 Å². The largest absolute Gasteiger partial charge is 0.398 e. The van der Waals surface area contributed by atoms with Gasteiger partial charge in [-0.3, -0.25) is 4.79 Å². The second-order valence-corrected chi connectivity index (χ2v) is 7.28. The SMILES string of the molecule is CNC(=O)COC(C)c1ccc(-n2ccc(C(C)c3ccc(N)c(S)c3)n2)nc1. The number of nitrogens with one attached hydrogen (secondary N) is 1. The predicted octanol–water partition coefficient (Wildman–Crippen LogP) is 3.11. The monoisotopic (exact) mass is 411 g/mol. The number of nitrogen functional groups attached to an aromatic ring is 1. The molecule has 0 radical (unpaired) electrons. The molecule has 2 atom stereocenters. The Morgan fingerprint density at radius 1 is 1.24 bits per heavy atom. The minimum atomic E-state index is -0.233. The highest BCUT2D eigenvalue weighted by molar-refractivity contribution is 7.80. The minimum Gasteiger partial charge on any atom is -0.398 e. The van der Waals surface area contributed by atoms with E-state index in [1.807, 2.05) is 49.5 Å². The van der Waals surface area contributed by atoms with Gasteiger partial charge in [-0.15, -0.1) is 12.6 Å². The number of carbonyl (C=O) groups excluding carboxylic acids is 1. The maximum absolute atomic E-state index is 11.3. The molecule has 3 N–H and O–H groups in total. The molecule has 1 aromatic carbocycles. The smallest absolute Gasteiger partial charge is 0.245 e. The molecule has 0 saturated heterocycles. The van der Waals surface area contributed by atoms with Crippen LogP contribution in [-0.4, -0.2) is 34.3 Å². The van der Waals surface area contributed by atoms with Gasteiger partial charge in [0, 0.05) is 35.9 Å². The lowest BCUT2D eigenvalue weighted by Crippen LogP contribution is -2.24. The van der Waals surface area contributed by atoms with Gasteiger partial charge >= 0.3 is 0 Å². The third kappa shape index (κ3) is 4.96. The average molecular weight is 412 g/mol. The zero-order chi connectivity index (χ0) is 21.0. The second-order valence-electron chi connectivity index (χ2n) is 6.80. The lowest BCUT2D eigenvalue weighted by atomic mass is 9.98. The highest BCUT2D eigenvalue weighted by Gasteiger charge is 2.14. The summed E-state index contributed by atoms with van der Waals surface area (Å²) in [4.78, 5) is 16.6. The Morgan fingerprint density at radius 3 is 2.66 bits per heavy atom. The van der Waals surface area contributed by atoms with E-state index in [-0.39, 0.29) is 24.5 Å². The lowest BCUT2D eigenvalue weighted by molar-refractivity contribution is -0.127. The van der Waals surface area contributed by atoms with Crippen LogP contribution in [0, 0.1) is 0 Å². The van der Waals surface area contributed by atoms with Crippen molar-refractivity contribution in [3.05, 3.63) is 65.6 Å². The quantitative estimate of drug-likeness (QED) is 0.410. The fraction of sp³-hybridized carbons (Fsp3) is 0.286. The van der Waals surface area contributed by atoms with Crippen LogP contribution in [0.2, 0.25) is 0 Å². The third-order valence-electron chi connectivity index (χ3n) is 4.83. The molecule has 0 bridgehead atoms. The van der Waals surface area contributed by atoms with Crippen LogP contribution in [0.4, 0.5) is 5.69 Å². The molecular weight excluding hydrogens is 386 g/mol. The van der Waals surface area contributed by atoms with Crippen molar-refractivity contribution in [2.45, 2.75) is 30.8 Å². The number of likely N-dealkylation sites (N-methyl/N-ethyl adjacent to an activating group) is 1. The third-order valence-corrected chi connectivity index (χ3v) is 5.21. The van der Waals surface area contributed by atoms with E-state index in [1.165, 1.54) is 0 Å². The maximum Gasteiger partial charge on any atom is 0.245 e. The molecule has 2 unspecified atom stereocenters. The fourth-order valence-electron chi connectivity index (χ4n) is 2.84. The van der Waals surface area contributed by atoms with Gasteiger partial charge < -0.3 is 15.8 Å². The normalized spacial score (nSPS) is 13.1. The van der Waals surface area contributed by atoms with Crippen LogP contribution in [0.15, 0.2) is 53.7 Å². The van der Waals surface area contributed by atoms with Crippen molar-refractivity contribution in [3.8, 4) is 5.82 Å².